The highest BCUT2D eigenvalue weighted by atomic mass is 15.1. The van der Waals surface area contributed by atoms with Gasteiger partial charge < -0.3 is 9.47 Å². The molecule has 1 aliphatic rings. The van der Waals surface area contributed by atoms with Crippen LogP contribution in [0.5, 0.6) is 0 Å². The van der Waals surface area contributed by atoms with E-state index in [1.807, 2.05) is 25.2 Å². The minimum atomic E-state index is 0.699. The first-order valence-electron chi connectivity index (χ1n) is 10.3. The molecule has 1 aromatic heterocycles. The summed E-state index contributed by atoms with van der Waals surface area (Å²) >= 11 is 0. The van der Waals surface area contributed by atoms with Gasteiger partial charge in [-0.1, -0.05) is 55.7 Å². The van der Waals surface area contributed by atoms with Crippen molar-refractivity contribution in [3.8, 4) is 0 Å². The van der Waals surface area contributed by atoms with Crippen molar-refractivity contribution in [3.05, 3.63) is 113 Å². The maximum Gasteiger partial charge on any atom is 0.0531 e. The van der Waals surface area contributed by atoms with Gasteiger partial charge in [-0.3, -0.25) is 0 Å². The van der Waals surface area contributed by atoms with Crippen LogP contribution in [-0.2, 0) is 0 Å². The average molecular weight is 399 g/mol. The van der Waals surface area contributed by atoms with Crippen molar-refractivity contribution < 1.29 is 0 Å². The molecule has 0 spiro atoms. The van der Waals surface area contributed by atoms with E-state index in [4.69, 9.17) is 0 Å². The topological polar surface area (TPSA) is 8.17 Å². The van der Waals surface area contributed by atoms with Crippen molar-refractivity contribution in [2.24, 2.45) is 0 Å². The zero-order valence-electron chi connectivity index (χ0n) is 19.1. The quantitative estimate of drug-likeness (QED) is 0.552. The van der Waals surface area contributed by atoms with Crippen LogP contribution in [-0.4, -0.2) is 16.0 Å². The number of fused-ring (bicyclic) bond motifs is 1. The summed E-state index contributed by atoms with van der Waals surface area (Å²) in [7, 11) is 0. The van der Waals surface area contributed by atoms with Crippen molar-refractivity contribution >= 4 is 17.8 Å². The molecule has 0 radical (unpaired) electrons. The fourth-order valence-electron chi connectivity index (χ4n) is 3.52. The minimum Gasteiger partial charge on any atom is -0.338 e. The second-order valence-corrected chi connectivity index (χ2v) is 7.46. The second kappa shape index (κ2) is 10.5. The number of hydrogen-bond donors (Lipinski definition) is 0. The fourth-order valence-corrected chi connectivity index (χ4v) is 3.52. The zero-order chi connectivity index (χ0) is 22.3. The summed E-state index contributed by atoms with van der Waals surface area (Å²) in [5.41, 5.74) is 6.44. The summed E-state index contributed by atoms with van der Waals surface area (Å²) in [5, 5.41) is 2.34. The molecular weight excluding hydrogens is 364 g/mol. The van der Waals surface area contributed by atoms with Gasteiger partial charge in [0.25, 0.3) is 0 Å². The standard InChI is InChI=1S/C28H34N2/c1-9-12-13-14-27-18-22(5)19-28-26(15-16-29(27)23(6)11-3)20-25(8)30(28)24(7)17-21(4)10-2/h9-15,17-20H,3,5-6,16H2,1-2,4,7-8H3/b12-9-,14-13-,21-10-,24-17+,26-15-,27-18-,28-19+. The largest absolute Gasteiger partial charge is 0.338 e. The van der Waals surface area contributed by atoms with Gasteiger partial charge >= 0.3 is 0 Å². The molecule has 1 aromatic rings. The van der Waals surface area contributed by atoms with Crippen molar-refractivity contribution in [1.29, 1.82) is 0 Å². The van der Waals surface area contributed by atoms with Gasteiger partial charge in [0, 0.05) is 29.3 Å². The minimum absolute atomic E-state index is 0.699. The number of nitrogens with zero attached hydrogens (tertiary/aromatic N) is 2. The van der Waals surface area contributed by atoms with E-state index < -0.39 is 0 Å². The molecule has 2 heteroatoms. The summed E-state index contributed by atoms with van der Waals surface area (Å²) in [6.45, 7) is 23.6. The highest BCUT2D eigenvalue weighted by Crippen LogP contribution is 2.18. The van der Waals surface area contributed by atoms with E-state index in [2.05, 4.69) is 99.4 Å². The molecule has 0 saturated heterocycles. The SMILES string of the molecule is C=CC(=C)N1C/C=c2/cc(C)n(/C(C)=C/C(C)=C\C)/c2=C/C(=C)/C=C1/C=C\C=C/C. The molecule has 30 heavy (non-hydrogen) atoms. The maximum absolute atomic E-state index is 4.32. The Labute approximate surface area is 181 Å². The lowest BCUT2D eigenvalue weighted by atomic mass is 10.2. The highest BCUT2D eigenvalue weighted by molar-refractivity contribution is 5.59. The molecule has 0 atom stereocenters. The number of aryl methyl sites for hydroxylation is 1. The van der Waals surface area contributed by atoms with E-state index in [1.54, 1.807) is 6.08 Å². The van der Waals surface area contributed by atoms with Gasteiger partial charge in [0.05, 0.1) is 5.35 Å². The van der Waals surface area contributed by atoms with Crippen LogP contribution in [0.15, 0.2) is 97.0 Å². The van der Waals surface area contributed by atoms with E-state index in [0.717, 1.165) is 22.3 Å². The summed E-state index contributed by atoms with van der Waals surface area (Å²) < 4.78 is 2.30. The van der Waals surface area contributed by atoms with Crippen molar-refractivity contribution in [1.82, 2.24) is 9.47 Å². The molecule has 2 heterocycles. The average Bonchev–Trinajstić information content (AvgIpc) is 3.03. The fraction of sp³-hybridized carbons (Fsp3) is 0.214. The van der Waals surface area contributed by atoms with E-state index in [0.29, 0.717) is 6.54 Å². The van der Waals surface area contributed by atoms with E-state index >= 15 is 0 Å². The lowest BCUT2D eigenvalue weighted by Gasteiger charge is -2.24. The number of allylic oxidation sites excluding steroid dienone is 11. The predicted octanol–water partition coefficient (Wildman–Crippen LogP) is 5.77. The van der Waals surface area contributed by atoms with E-state index in [9.17, 15) is 0 Å². The third-order valence-electron chi connectivity index (χ3n) is 5.11. The van der Waals surface area contributed by atoms with Crippen molar-refractivity contribution in [2.75, 3.05) is 6.54 Å². The normalized spacial score (nSPS) is 19.8. The smallest absolute Gasteiger partial charge is 0.0531 e. The molecule has 2 rings (SSSR count). The van der Waals surface area contributed by atoms with Gasteiger partial charge in [-0.15, -0.1) is 0 Å². The molecule has 0 unspecified atom stereocenters. The van der Waals surface area contributed by atoms with Crippen LogP contribution >= 0.6 is 0 Å². The van der Waals surface area contributed by atoms with Gasteiger partial charge in [-0.2, -0.15) is 0 Å². The first-order chi connectivity index (χ1) is 14.3. The first-order valence-corrected chi connectivity index (χ1v) is 10.3. The van der Waals surface area contributed by atoms with Crippen LogP contribution in [0.2, 0.25) is 0 Å². The van der Waals surface area contributed by atoms with Crippen LogP contribution in [0.4, 0.5) is 0 Å². The molecule has 1 aliphatic heterocycles. The Hall–Kier alpha value is -3.26. The second-order valence-electron chi connectivity index (χ2n) is 7.46. The van der Waals surface area contributed by atoms with Crippen molar-refractivity contribution in [2.45, 2.75) is 34.6 Å². The third-order valence-corrected chi connectivity index (χ3v) is 5.11. The van der Waals surface area contributed by atoms with Crippen LogP contribution < -0.4 is 10.6 Å². The Balaban J connectivity index is 2.74. The molecule has 156 valence electrons. The molecule has 2 nitrogen and oxygen atoms in total. The molecule has 0 saturated carbocycles. The van der Waals surface area contributed by atoms with Gasteiger partial charge in [-0.25, -0.2) is 0 Å². The maximum atomic E-state index is 4.32. The molecule has 0 aromatic carbocycles. The Morgan fingerprint density at radius 1 is 1.13 bits per heavy atom. The van der Waals surface area contributed by atoms with Crippen LogP contribution in [0, 0.1) is 6.92 Å². The molecule has 0 aliphatic carbocycles. The Morgan fingerprint density at radius 2 is 1.87 bits per heavy atom. The highest BCUT2D eigenvalue weighted by Gasteiger charge is 2.11. The van der Waals surface area contributed by atoms with Crippen LogP contribution in [0.3, 0.4) is 0 Å². The van der Waals surface area contributed by atoms with Crippen molar-refractivity contribution in [3.63, 3.8) is 0 Å². The predicted molar refractivity (Wildman–Crippen MR) is 134 cm³/mol. The number of rotatable bonds is 6. The van der Waals surface area contributed by atoms with Gasteiger partial charge in [0.1, 0.15) is 0 Å². The third kappa shape index (κ3) is 5.42. The van der Waals surface area contributed by atoms with E-state index in [1.165, 1.54) is 22.2 Å². The molecule has 0 N–H and O–H groups in total. The first kappa shape index (κ1) is 23.0. The summed E-state index contributed by atoms with van der Waals surface area (Å²) in [4.78, 5) is 2.15. The molecule has 0 amide bonds. The molecule has 0 fully saturated rings. The van der Waals surface area contributed by atoms with Gasteiger partial charge in [0.15, 0.2) is 0 Å². The summed E-state index contributed by atoms with van der Waals surface area (Å²) in [6.07, 6.45) is 20.8. The lowest BCUT2D eigenvalue weighted by Crippen LogP contribution is -2.30. The van der Waals surface area contributed by atoms with Crippen LogP contribution in [0.25, 0.3) is 17.8 Å². The van der Waals surface area contributed by atoms with Crippen LogP contribution in [0.1, 0.15) is 33.4 Å². The number of hydrogen-bond acceptors (Lipinski definition) is 1. The lowest BCUT2D eigenvalue weighted by molar-refractivity contribution is 0.517. The van der Waals surface area contributed by atoms with E-state index in [-0.39, 0.29) is 0 Å². The van der Waals surface area contributed by atoms with Gasteiger partial charge in [0.2, 0.25) is 0 Å². The Kier molecular flexibility index (Phi) is 8.06. The van der Waals surface area contributed by atoms with Gasteiger partial charge in [-0.05, 0) is 81.9 Å². The molecule has 0 bridgehead atoms. The Morgan fingerprint density at radius 3 is 2.50 bits per heavy atom. The zero-order valence-corrected chi connectivity index (χ0v) is 19.1. The molecular formula is C28H34N2. The Bertz CT molecular complexity index is 1110. The number of aromatic nitrogens is 1. The monoisotopic (exact) mass is 398 g/mol. The summed E-state index contributed by atoms with van der Waals surface area (Å²) in [6, 6.07) is 2.23. The summed E-state index contributed by atoms with van der Waals surface area (Å²) in [5.74, 6) is 0.